The molecule has 3 aromatic rings. The maximum absolute atomic E-state index is 12.3. The molecule has 26 heavy (non-hydrogen) atoms. The molecular formula is C18H18N4O3S. The van der Waals surface area contributed by atoms with E-state index in [9.17, 15) is 14.4 Å². The molecule has 1 amide bonds. The van der Waals surface area contributed by atoms with Gasteiger partial charge in [0.2, 0.25) is 5.91 Å². The van der Waals surface area contributed by atoms with Crippen LogP contribution in [0.4, 0.5) is 0 Å². The molecule has 0 bridgehead atoms. The van der Waals surface area contributed by atoms with Gasteiger partial charge in [0.25, 0.3) is 0 Å². The normalized spacial score (nSPS) is 10.8. The Hall–Kier alpha value is -2.87. The van der Waals surface area contributed by atoms with Crippen LogP contribution >= 0.6 is 11.8 Å². The molecule has 2 aromatic heterocycles. The Morgan fingerprint density at radius 2 is 1.88 bits per heavy atom. The topological polar surface area (TPSA) is 86.0 Å². The number of fused-ring (bicyclic) bond motifs is 1. The summed E-state index contributed by atoms with van der Waals surface area (Å²) in [4.78, 5) is 42.0. The van der Waals surface area contributed by atoms with E-state index >= 15 is 0 Å². The zero-order chi connectivity index (χ0) is 18.7. The molecule has 3 rings (SSSR count). The molecule has 0 saturated carbocycles. The van der Waals surface area contributed by atoms with Crippen molar-refractivity contribution in [1.82, 2.24) is 19.4 Å². The molecule has 8 heteroatoms. The average Bonchev–Trinajstić information content (AvgIpc) is 2.68. The summed E-state index contributed by atoms with van der Waals surface area (Å²) in [6, 6.07) is 11.2. The number of hydrogen-bond donors (Lipinski definition) is 1. The number of amides is 1. The molecular weight excluding hydrogens is 352 g/mol. The summed E-state index contributed by atoms with van der Waals surface area (Å²) in [6.45, 7) is 0.114. The second-order valence-corrected chi connectivity index (χ2v) is 6.61. The van der Waals surface area contributed by atoms with E-state index in [-0.39, 0.29) is 12.5 Å². The number of carbonyl (C=O) groups excluding carboxylic acids is 1. The number of rotatable bonds is 5. The van der Waals surface area contributed by atoms with Crippen molar-refractivity contribution in [3.63, 3.8) is 0 Å². The van der Waals surface area contributed by atoms with Crippen molar-refractivity contribution in [3.8, 4) is 0 Å². The second-order valence-electron chi connectivity index (χ2n) is 5.73. The van der Waals surface area contributed by atoms with Gasteiger partial charge in [0.1, 0.15) is 6.54 Å². The van der Waals surface area contributed by atoms with Gasteiger partial charge in [0.05, 0.1) is 5.52 Å². The molecule has 0 aliphatic heterocycles. The Bertz CT molecular complexity index is 1070. The fourth-order valence-corrected chi connectivity index (χ4v) is 3.03. The monoisotopic (exact) mass is 370 g/mol. The number of carbonyl (C=O) groups is 1. The molecule has 0 aliphatic carbocycles. The highest BCUT2D eigenvalue weighted by Gasteiger charge is 2.14. The van der Waals surface area contributed by atoms with Gasteiger partial charge in [0.15, 0.2) is 5.65 Å². The number of thioether (sulfide) groups is 1. The van der Waals surface area contributed by atoms with E-state index in [2.05, 4.69) is 10.3 Å². The molecule has 1 aromatic carbocycles. The highest BCUT2D eigenvalue weighted by molar-refractivity contribution is 7.98. The minimum Gasteiger partial charge on any atom is -0.350 e. The standard InChI is InChI=1S/C18H18N4O3S/c1-21-16-14(4-3-9-19-16)22(18(25)17(21)24)11-15(23)20-10-12-5-7-13(26-2)8-6-12/h3-9H,10-11H2,1-2H3,(H,20,23). The van der Waals surface area contributed by atoms with Crippen LogP contribution in [0.1, 0.15) is 5.56 Å². The van der Waals surface area contributed by atoms with Crippen molar-refractivity contribution in [3.05, 3.63) is 68.9 Å². The molecule has 0 fully saturated rings. The number of nitrogens with one attached hydrogen (secondary N) is 1. The first-order valence-electron chi connectivity index (χ1n) is 7.95. The van der Waals surface area contributed by atoms with Crippen molar-refractivity contribution >= 4 is 28.8 Å². The minimum absolute atomic E-state index is 0.236. The van der Waals surface area contributed by atoms with Crippen LogP contribution in [0.15, 0.2) is 57.1 Å². The zero-order valence-electron chi connectivity index (χ0n) is 14.4. The number of aryl methyl sites for hydroxylation is 1. The van der Waals surface area contributed by atoms with Crippen molar-refractivity contribution in [2.75, 3.05) is 6.26 Å². The highest BCUT2D eigenvalue weighted by atomic mass is 32.2. The molecule has 0 unspecified atom stereocenters. The van der Waals surface area contributed by atoms with Crippen LogP contribution in [0.5, 0.6) is 0 Å². The number of nitrogens with zero attached hydrogens (tertiary/aromatic N) is 3. The maximum atomic E-state index is 12.3. The van der Waals surface area contributed by atoms with Crippen molar-refractivity contribution < 1.29 is 4.79 Å². The van der Waals surface area contributed by atoms with Gasteiger partial charge >= 0.3 is 11.1 Å². The first-order valence-corrected chi connectivity index (χ1v) is 9.18. The minimum atomic E-state index is -0.743. The summed E-state index contributed by atoms with van der Waals surface area (Å²) in [5.41, 5.74) is 0.305. The molecule has 0 saturated heterocycles. The molecule has 1 N–H and O–H groups in total. The second kappa shape index (κ2) is 7.57. The number of pyridine rings is 1. The van der Waals surface area contributed by atoms with E-state index in [1.54, 1.807) is 23.9 Å². The van der Waals surface area contributed by atoms with E-state index in [4.69, 9.17) is 0 Å². The van der Waals surface area contributed by atoms with Crippen LogP contribution in [-0.2, 0) is 24.9 Å². The van der Waals surface area contributed by atoms with Gasteiger partial charge in [0, 0.05) is 24.7 Å². The fourth-order valence-electron chi connectivity index (χ4n) is 2.62. The van der Waals surface area contributed by atoms with Gasteiger partial charge in [-0.25, -0.2) is 4.98 Å². The third kappa shape index (κ3) is 3.55. The zero-order valence-corrected chi connectivity index (χ0v) is 15.2. The van der Waals surface area contributed by atoms with Crippen LogP contribution in [0.2, 0.25) is 0 Å². The quantitative estimate of drug-likeness (QED) is 0.538. The third-order valence-electron chi connectivity index (χ3n) is 4.06. The summed E-state index contributed by atoms with van der Waals surface area (Å²) < 4.78 is 2.36. The summed E-state index contributed by atoms with van der Waals surface area (Å²) in [7, 11) is 1.49. The third-order valence-corrected chi connectivity index (χ3v) is 4.80. The van der Waals surface area contributed by atoms with E-state index in [1.807, 2.05) is 30.5 Å². The smallest absolute Gasteiger partial charge is 0.317 e. The van der Waals surface area contributed by atoms with Gasteiger partial charge in [-0.3, -0.25) is 23.5 Å². The lowest BCUT2D eigenvalue weighted by Gasteiger charge is -2.12. The Balaban J connectivity index is 1.81. The summed E-state index contributed by atoms with van der Waals surface area (Å²) in [5.74, 6) is -0.348. The first-order chi connectivity index (χ1) is 12.5. The van der Waals surface area contributed by atoms with E-state index < -0.39 is 11.1 Å². The molecule has 7 nitrogen and oxygen atoms in total. The fraction of sp³-hybridized carbons (Fsp3) is 0.222. The summed E-state index contributed by atoms with van der Waals surface area (Å²) >= 11 is 1.65. The van der Waals surface area contributed by atoms with Crippen molar-refractivity contribution in [1.29, 1.82) is 0 Å². The van der Waals surface area contributed by atoms with Crippen LogP contribution in [-0.4, -0.2) is 26.3 Å². The summed E-state index contributed by atoms with van der Waals surface area (Å²) in [5, 5.41) is 2.78. The largest absolute Gasteiger partial charge is 0.350 e. The number of hydrogen-bond acceptors (Lipinski definition) is 5. The maximum Gasteiger partial charge on any atom is 0.317 e. The van der Waals surface area contributed by atoms with E-state index in [0.717, 1.165) is 15.0 Å². The highest BCUT2D eigenvalue weighted by Crippen LogP contribution is 2.14. The Kier molecular flexibility index (Phi) is 5.22. The predicted octanol–water partition coefficient (Wildman–Crippen LogP) is 1.13. The molecule has 134 valence electrons. The lowest BCUT2D eigenvalue weighted by atomic mass is 10.2. The van der Waals surface area contributed by atoms with Gasteiger partial charge in [-0.05, 0) is 36.1 Å². The van der Waals surface area contributed by atoms with E-state index in [1.165, 1.54) is 17.8 Å². The SMILES string of the molecule is CSc1ccc(CNC(=O)Cn2c(=O)c(=O)n(C)c3ncccc32)cc1. The lowest BCUT2D eigenvalue weighted by molar-refractivity contribution is -0.121. The number of benzene rings is 1. The van der Waals surface area contributed by atoms with Crippen LogP contribution in [0.3, 0.4) is 0 Å². The van der Waals surface area contributed by atoms with E-state index in [0.29, 0.717) is 17.7 Å². The van der Waals surface area contributed by atoms with Gasteiger partial charge < -0.3 is 5.32 Å². The first kappa shape index (κ1) is 17.9. The molecule has 2 heterocycles. The Morgan fingerprint density at radius 3 is 2.58 bits per heavy atom. The van der Waals surface area contributed by atoms with Gasteiger partial charge in [-0.2, -0.15) is 0 Å². The van der Waals surface area contributed by atoms with Crippen molar-refractivity contribution in [2.24, 2.45) is 7.05 Å². The summed E-state index contributed by atoms with van der Waals surface area (Å²) in [6.07, 6.45) is 3.53. The number of aromatic nitrogens is 3. The predicted molar refractivity (Wildman–Crippen MR) is 101 cm³/mol. The van der Waals surface area contributed by atoms with Crippen molar-refractivity contribution in [2.45, 2.75) is 18.0 Å². The van der Waals surface area contributed by atoms with Crippen LogP contribution in [0.25, 0.3) is 11.2 Å². The molecule has 0 atom stereocenters. The Morgan fingerprint density at radius 1 is 1.15 bits per heavy atom. The Labute approximate surface area is 153 Å². The van der Waals surface area contributed by atoms with Crippen LogP contribution in [0, 0.1) is 0 Å². The molecule has 0 radical (unpaired) electrons. The van der Waals surface area contributed by atoms with Crippen LogP contribution < -0.4 is 16.4 Å². The van der Waals surface area contributed by atoms with Gasteiger partial charge in [-0.1, -0.05) is 12.1 Å². The van der Waals surface area contributed by atoms with Gasteiger partial charge in [-0.15, -0.1) is 11.8 Å². The lowest BCUT2D eigenvalue weighted by Crippen LogP contribution is -2.43. The average molecular weight is 370 g/mol. The molecule has 0 aliphatic rings. The molecule has 0 spiro atoms.